The van der Waals surface area contributed by atoms with Crippen LogP contribution in [0.5, 0.6) is 5.75 Å². The zero-order valence-corrected chi connectivity index (χ0v) is 12.3. The number of hydrogen-bond donors (Lipinski definition) is 2. The predicted octanol–water partition coefficient (Wildman–Crippen LogP) is 2.82. The summed E-state index contributed by atoms with van der Waals surface area (Å²) in [6, 6.07) is 3.39. The highest BCUT2D eigenvalue weighted by molar-refractivity contribution is 9.10. The van der Waals surface area contributed by atoms with E-state index in [0.29, 0.717) is 12.0 Å². The van der Waals surface area contributed by atoms with Gasteiger partial charge < -0.3 is 10.4 Å². The van der Waals surface area contributed by atoms with Crippen LogP contribution in [-0.4, -0.2) is 36.2 Å². The highest BCUT2D eigenvalue weighted by Crippen LogP contribution is 2.36. The molecule has 1 fully saturated rings. The first kappa shape index (κ1) is 14.5. The number of phenols is 1. The van der Waals surface area contributed by atoms with E-state index in [0.717, 1.165) is 26.2 Å². The lowest BCUT2D eigenvalue weighted by Gasteiger charge is -2.35. The topological polar surface area (TPSA) is 35.5 Å². The number of nitrogens with zero attached hydrogens (tertiary/aromatic N) is 1. The van der Waals surface area contributed by atoms with Gasteiger partial charge in [0.15, 0.2) is 11.6 Å². The van der Waals surface area contributed by atoms with Gasteiger partial charge in [-0.3, -0.25) is 4.90 Å². The second kappa shape index (κ2) is 6.50. The number of phenolic OH excluding ortho intramolecular Hbond substituents is 1. The Labute approximate surface area is 121 Å². The first-order chi connectivity index (χ1) is 9.15. The summed E-state index contributed by atoms with van der Waals surface area (Å²) in [5, 5.41) is 13.3. The van der Waals surface area contributed by atoms with Crippen molar-refractivity contribution in [2.24, 2.45) is 0 Å². The molecule has 0 saturated carbocycles. The quantitative estimate of drug-likeness (QED) is 0.834. The Morgan fingerprint density at radius 2 is 2.16 bits per heavy atom. The fourth-order valence-electron chi connectivity index (χ4n) is 2.45. The molecule has 0 aliphatic carbocycles. The minimum atomic E-state index is -0.596. The van der Waals surface area contributed by atoms with Crippen molar-refractivity contribution in [3.63, 3.8) is 0 Å². The molecule has 0 radical (unpaired) electrons. The van der Waals surface area contributed by atoms with E-state index in [1.54, 1.807) is 12.1 Å². The lowest BCUT2D eigenvalue weighted by Crippen LogP contribution is -2.45. The third-order valence-corrected chi connectivity index (χ3v) is 4.05. The second-order valence-electron chi connectivity index (χ2n) is 4.63. The minimum Gasteiger partial charge on any atom is -0.505 e. The summed E-state index contributed by atoms with van der Waals surface area (Å²) in [7, 11) is 0. The molecule has 1 aromatic rings. The van der Waals surface area contributed by atoms with Crippen LogP contribution in [0.15, 0.2) is 29.3 Å². The van der Waals surface area contributed by atoms with E-state index in [4.69, 9.17) is 0 Å². The fraction of sp³-hybridized carbons (Fsp3) is 0.429. The summed E-state index contributed by atoms with van der Waals surface area (Å²) in [6.07, 6.45) is 2.50. The van der Waals surface area contributed by atoms with Gasteiger partial charge in [0.05, 0.1) is 4.47 Å². The predicted molar refractivity (Wildman–Crippen MR) is 77.8 cm³/mol. The molecule has 0 spiro atoms. The van der Waals surface area contributed by atoms with Gasteiger partial charge >= 0.3 is 0 Å². The van der Waals surface area contributed by atoms with E-state index in [-0.39, 0.29) is 16.3 Å². The van der Waals surface area contributed by atoms with Crippen LogP contribution in [0, 0.1) is 5.82 Å². The minimum absolute atomic E-state index is 0.0257. The Bertz CT molecular complexity index is 461. The van der Waals surface area contributed by atoms with Gasteiger partial charge in [-0.05, 0) is 28.4 Å². The first-order valence-corrected chi connectivity index (χ1v) is 7.17. The van der Waals surface area contributed by atoms with E-state index in [2.05, 4.69) is 32.7 Å². The molecule has 3 nitrogen and oxygen atoms in total. The van der Waals surface area contributed by atoms with Gasteiger partial charge in [-0.15, -0.1) is 6.58 Å². The van der Waals surface area contributed by atoms with Crippen LogP contribution in [0.25, 0.3) is 0 Å². The Morgan fingerprint density at radius 3 is 2.79 bits per heavy atom. The largest absolute Gasteiger partial charge is 0.505 e. The summed E-state index contributed by atoms with van der Waals surface area (Å²) >= 11 is 3.09. The zero-order chi connectivity index (χ0) is 13.8. The van der Waals surface area contributed by atoms with Crippen molar-refractivity contribution >= 4 is 15.9 Å². The first-order valence-electron chi connectivity index (χ1n) is 6.37. The summed E-state index contributed by atoms with van der Waals surface area (Å²) < 4.78 is 14.1. The highest BCUT2D eigenvalue weighted by atomic mass is 79.9. The van der Waals surface area contributed by atoms with Gasteiger partial charge in [0.25, 0.3) is 0 Å². The van der Waals surface area contributed by atoms with Crippen molar-refractivity contribution in [3.05, 3.63) is 40.6 Å². The molecule has 104 valence electrons. The molecule has 0 amide bonds. The molecule has 1 aliphatic heterocycles. The average Bonchev–Trinajstić information content (AvgIpc) is 2.44. The molecule has 19 heavy (non-hydrogen) atoms. The second-order valence-corrected chi connectivity index (χ2v) is 5.48. The van der Waals surface area contributed by atoms with E-state index in [1.807, 2.05) is 6.08 Å². The SMILES string of the molecule is C=CC[C@H](c1ccc(Br)c(F)c1O)N1CCNCC1. The van der Waals surface area contributed by atoms with Gasteiger partial charge in [0, 0.05) is 37.8 Å². The standard InChI is InChI=1S/C14H18BrFN2O/c1-2-3-12(18-8-6-17-7-9-18)10-4-5-11(15)13(16)14(10)19/h2,4-5,12,17,19H,1,3,6-9H2/t12-/m1/s1. The van der Waals surface area contributed by atoms with Crippen molar-refractivity contribution in [1.82, 2.24) is 10.2 Å². The molecule has 1 aromatic carbocycles. The van der Waals surface area contributed by atoms with E-state index >= 15 is 0 Å². The molecule has 1 atom stereocenters. The highest BCUT2D eigenvalue weighted by Gasteiger charge is 2.25. The molecule has 1 heterocycles. The van der Waals surface area contributed by atoms with Crippen LogP contribution < -0.4 is 5.32 Å². The number of halogens is 2. The van der Waals surface area contributed by atoms with Gasteiger partial charge in [-0.2, -0.15) is 0 Å². The molecule has 1 saturated heterocycles. The molecule has 0 unspecified atom stereocenters. The lowest BCUT2D eigenvalue weighted by atomic mass is 10.00. The number of benzene rings is 1. The van der Waals surface area contributed by atoms with Gasteiger partial charge in [0.2, 0.25) is 0 Å². The maximum Gasteiger partial charge on any atom is 0.179 e. The van der Waals surface area contributed by atoms with Crippen molar-refractivity contribution in [3.8, 4) is 5.75 Å². The Morgan fingerprint density at radius 1 is 1.47 bits per heavy atom. The third-order valence-electron chi connectivity index (χ3n) is 3.44. The molecule has 2 rings (SSSR count). The third kappa shape index (κ3) is 3.16. The summed E-state index contributed by atoms with van der Waals surface area (Å²) in [5.41, 5.74) is 0.627. The molecule has 0 bridgehead atoms. The van der Waals surface area contributed by atoms with E-state index in [9.17, 15) is 9.50 Å². The van der Waals surface area contributed by atoms with Crippen molar-refractivity contribution in [1.29, 1.82) is 0 Å². The van der Waals surface area contributed by atoms with Crippen molar-refractivity contribution < 1.29 is 9.50 Å². The van der Waals surface area contributed by atoms with Gasteiger partial charge in [-0.25, -0.2) is 4.39 Å². The fourth-order valence-corrected chi connectivity index (χ4v) is 2.77. The molecule has 1 aliphatic rings. The van der Waals surface area contributed by atoms with Crippen molar-refractivity contribution in [2.45, 2.75) is 12.5 Å². The normalized spacial score (nSPS) is 18.2. The Hall–Kier alpha value is -0.910. The maximum atomic E-state index is 13.8. The molecular formula is C14H18BrFN2O. The summed E-state index contributed by atoms with van der Waals surface area (Å²) in [4.78, 5) is 2.25. The summed E-state index contributed by atoms with van der Waals surface area (Å²) in [5.74, 6) is -0.860. The Balaban J connectivity index is 2.32. The van der Waals surface area contributed by atoms with Crippen LogP contribution in [-0.2, 0) is 0 Å². The molecule has 0 aromatic heterocycles. The van der Waals surface area contributed by atoms with Crippen LogP contribution in [0.1, 0.15) is 18.0 Å². The molecular weight excluding hydrogens is 311 g/mol. The van der Waals surface area contributed by atoms with Crippen LogP contribution in [0.3, 0.4) is 0 Å². The summed E-state index contributed by atoms with van der Waals surface area (Å²) in [6.45, 7) is 7.35. The number of nitrogens with one attached hydrogen (secondary N) is 1. The average molecular weight is 329 g/mol. The molecule has 2 N–H and O–H groups in total. The monoisotopic (exact) mass is 328 g/mol. The molecule has 5 heteroatoms. The zero-order valence-electron chi connectivity index (χ0n) is 10.7. The van der Waals surface area contributed by atoms with E-state index < -0.39 is 5.82 Å². The van der Waals surface area contributed by atoms with E-state index in [1.165, 1.54) is 0 Å². The lowest BCUT2D eigenvalue weighted by molar-refractivity contribution is 0.171. The number of aromatic hydroxyl groups is 1. The maximum absolute atomic E-state index is 13.8. The van der Waals surface area contributed by atoms with Crippen LogP contribution >= 0.6 is 15.9 Å². The van der Waals surface area contributed by atoms with Crippen LogP contribution in [0.4, 0.5) is 4.39 Å². The van der Waals surface area contributed by atoms with Crippen LogP contribution in [0.2, 0.25) is 0 Å². The van der Waals surface area contributed by atoms with Crippen molar-refractivity contribution in [2.75, 3.05) is 26.2 Å². The number of piperazine rings is 1. The van der Waals surface area contributed by atoms with Gasteiger partial charge in [0.1, 0.15) is 0 Å². The van der Waals surface area contributed by atoms with Gasteiger partial charge in [-0.1, -0.05) is 12.1 Å². The Kier molecular flexibility index (Phi) is 4.96. The smallest absolute Gasteiger partial charge is 0.179 e. The number of rotatable bonds is 4. The number of hydrogen-bond acceptors (Lipinski definition) is 3.